The molecule has 1 aromatic carbocycles. The Labute approximate surface area is 90.9 Å². The highest BCUT2D eigenvalue weighted by atomic mass is 16.1. The van der Waals surface area contributed by atoms with Crippen LogP contribution in [0.15, 0.2) is 18.2 Å². The maximum Gasteiger partial charge on any atom is 0.159 e. The molecule has 15 heavy (non-hydrogen) atoms. The molecular weight excluding hydrogens is 186 g/mol. The first-order valence-corrected chi connectivity index (χ1v) is 5.55. The largest absolute Gasteiger partial charge is 0.371 e. The van der Waals surface area contributed by atoms with Gasteiger partial charge in [-0.25, -0.2) is 0 Å². The van der Waals surface area contributed by atoms with E-state index in [2.05, 4.69) is 17.9 Å². The summed E-state index contributed by atoms with van der Waals surface area (Å²) >= 11 is 0. The maximum absolute atomic E-state index is 11.2. The van der Waals surface area contributed by atoms with Crippen molar-refractivity contribution in [2.45, 2.75) is 26.7 Å². The molecule has 1 saturated heterocycles. The van der Waals surface area contributed by atoms with E-state index in [1.807, 2.05) is 12.1 Å². The van der Waals surface area contributed by atoms with E-state index in [1.54, 1.807) is 6.92 Å². The normalized spacial score (nSPS) is 15.7. The molecule has 0 aliphatic carbocycles. The molecule has 0 aromatic heterocycles. The lowest BCUT2D eigenvalue weighted by Gasteiger charge is -2.20. The van der Waals surface area contributed by atoms with Crippen LogP contribution in [0.4, 0.5) is 5.69 Å². The van der Waals surface area contributed by atoms with Crippen LogP contribution >= 0.6 is 0 Å². The minimum absolute atomic E-state index is 0.145. The monoisotopic (exact) mass is 203 g/mol. The summed E-state index contributed by atoms with van der Waals surface area (Å²) in [6.45, 7) is 6.00. The molecule has 1 aromatic rings. The van der Waals surface area contributed by atoms with Crippen LogP contribution in [-0.2, 0) is 0 Å². The lowest BCUT2D eigenvalue weighted by Crippen LogP contribution is -2.18. The molecule has 0 saturated carbocycles. The van der Waals surface area contributed by atoms with Crippen molar-refractivity contribution >= 4 is 11.5 Å². The van der Waals surface area contributed by atoms with E-state index in [9.17, 15) is 4.79 Å². The molecule has 2 heteroatoms. The second kappa shape index (κ2) is 4.05. The predicted octanol–water partition coefficient (Wildman–Crippen LogP) is 2.80. The van der Waals surface area contributed by atoms with Crippen LogP contribution in [0.5, 0.6) is 0 Å². The summed E-state index contributed by atoms with van der Waals surface area (Å²) in [5, 5.41) is 0. The third kappa shape index (κ3) is 2.04. The van der Waals surface area contributed by atoms with Crippen LogP contribution in [-0.4, -0.2) is 18.9 Å². The van der Waals surface area contributed by atoms with Gasteiger partial charge < -0.3 is 4.90 Å². The molecular formula is C13H17NO. The number of benzene rings is 1. The van der Waals surface area contributed by atoms with Crippen molar-refractivity contribution in [1.29, 1.82) is 0 Å². The SMILES string of the molecule is CC(=O)c1ccc(N2CCCC2)c(C)c1. The molecule has 0 spiro atoms. The average Bonchev–Trinajstić information content (AvgIpc) is 2.70. The van der Waals surface area contributed by atoms with Crippen molar-refractivity contribution in [2.75, 3.05) is 18.0 Å². The van der Waals surface area contributed by atoms with Crippen molar-refractivity contribution in [3.63, 3.8) is 0 Å². The van der Waals surface area contributed by atoms with Crippen LogP contribution in [0.25, 0.3) is 0 Å². The molecule has 0 radical (unpaired) electrons. The molecule has 1 heterocycles. The van der Waals surface area contributed by atoms with Gasteiger partial charge >= 0.3 is 0 Å². The Morgan fingerprint density at radius 2 is 1.93 bits per heavy atom. The van der Waals surface area contributed by atoms with E-state index in [4.69, 9.17) is 0 Å². The van der Waals surface area contributed by atoms with Gasteiger partial charge in [-0.2, -0.15) is 0 Å². The number of anilines is 1. The number of ketones is 1. The fraction of sp³-hybridized carbons (Fsp3) is 0.462. The third-order valence-electron chi connectivity index (χ3n) is 3.05. The van der Waals surface area contributed by atoms with E-state index in [-0.39, 0.29) is 5.78 Å². The second-order valence-electron chi connectivity index (χ2n) is 4.25. The van der Waals surface area contributed by atoms with Crippen molar-refractivity contribution in [3.8, 4) is 0 Å². The summed E-state index contributed by atoms with van der Waals surface area (Å²) in [6.07, 6.45) is 2.57. The number of hydrogen-bond donors (Lipinski definition) is 0. The maximum atomic E-state index is 11.2. The molecule has 0 bridgehead atoms. The standard InChI is InChI=1S/C13H17NO/c1-10-9-12(11(2)15)5-6-13(10)14-7-3-4-8-14/h5-6,9H,3-4,7-8H2,1-2H3. The molecule has 0 unspecified atom stereocenters. The summed E-state index contributed by atoms with van der Waals surface area (Å²) in [6, 6.07) is 6.01. The minimum atomic E-state index is 0.145. The van der Waals surface area contributed by atoms with Crippen molar-refractivity contribution in [3.05, 3.63) is 29.3 Å². The number of hydrogen-bond acceptors (Lipinski definition) is 2. The second-order valence-corrected chi connectivity index (χ2v) is 4.25. The molecule has 2 nitrogen and oxygen atoms in total. The van der Waals surface area contributed by atoms with Crippen LogP contribution in [0.3, 0.4) is 0 Å². The van der Waals surface area contributed by atoms with Gasteiger partial charge in [0, 0.05) is 24.3 Å². The average molecular weight is 203 g/mol. The first-order chi connectivity index (χ1) is 7.18. The van der Waals surface area contributed by atoms with Crippen LogP contribution in [0.1, 0.15) is 35.7 Å². The van der Waals surface area contributed by atoms with Gasteiger partial charge in [0.2, 0.25) is 0 Å². The van der Waals surface area contributed by atoms with Gasteiger partial charge in [-0.3, -0.25) is 4.79 Å². The number of carbonyl (C=O) groups excluding carboxylic acids is 1. The Morgan fingerprint density at radius 3 is 2.47 bits per heavy atom. The molecule has 0 atom stereocenters. The van der Waals surface area contributed by atoms with Crippen molar-refractivity contribution in [2.24, 2.45) is 0 Å². The van der Waals surface area contributed by atoms with Gasteiger partial charge in [0.25, 0.3) is 0 Å². The van der Waals surface area contributed by atoms with Crippen LogP contribution < -0.4 is 4.90 Å². The van der Waals surface area contributed by atoms with E-state index in [0.717, 1.165) is 18.7 Å². The molecule has 1 aliphatic heterocycles. The molecule has 1 fully saturated rings. The Balaban J connectivity index is 2.29. The highest BCUT2D eigenvalue weighted by molar-refractivity contribution is 5.94. The molecule has 0 N–H and O–H groups in total. The third-order valence-corrected chi connectivity index (χ3v) is 3.05. The molecule has 1 aliphatic rings. The fourth-order valence-electron chi connectivity index (χ4n) is 2.19. The molecule has 2 rings (SSSR count). The lowest BCUT2D eigenvalue weighted by atomic mass is 10.1. The van der Waals surface area contributed by atoms with Crippen LogP contribution in [0.2, 0.25) is 0 Å². The van der Waals surface area contributed by atoms with E-state index in [0.29, 0.717) is 0 Å². The smallest absolute Gasteiger partial charge is 0.159 e. The highest BCUT2D eigenvalue weighted by Crippen LogP contribution is 2.25. The lowest BCUT2D eigenvalue weighted by molar-refractivity contribution is 0.101. The summed E-state index contributed by atoms with van der Waals surface area (Å²) in [5.41, 5.74) is 3.32. The van der Waals surface area contributed by atoms with Crippen molar-refractivity contribution < 1.29 is 4.79 Å². The van der Waals surface area contributed by atoms with Crippen LogP contribution in [0, 0.1) is 6.92 Å². The van der Waals surface area contributed by atoms with E-state index in [1.165, 1.54) is 24.1 Å². The Hall–Kier alpha value is -1.31. The first-order valence-electron chi connectivity index (χ1n) is 5.55. The Morgan fingerprint density at radius 1 is 1.27 bits per heavy atom. The number of aryl methyl sites for hydroxylation is 1. The summed E-state index contributed by atoms with van der Waals surface area (Å²) in [4.78, 5) is 13.6. The van der Waals surface area contributed by atoms with Gasteiger partial charge in [0.15, 0.2) is 5.78 Å². The summed E-state index contributed by atoms with van der Waals surface area (Å²) in [7, 11) is 0. The van der Waals surface area contributed by atoms with Crippen molar-refractivity contribution in [1.82, 2.24) is 0 Å². The zero-order valence-electron chi connectivity index (χ0n) is 9.42. The quantitative estimate of drug-likeness (QED) is 0.689. The summed E-state index contributed by atoms with van der Waals surface area (Å²) in [5.74, 6) is 0.145. The molecule has 0 amide bonds. The topological polar surface area (TPSA) is 20.3 Å². The zero-order valence-corrected chi connectivity index (χ0v) is 9.42. The predicted molar refractivity (Wildman–Crippen MR) is 62.6 cm³/mol. The van der Waals surface area contributed by atoms with E-state index < -0.39 is 0 Å². The number of carbonyl (C=O) groups is 1. The van der Waals surface area contributed by atoms with Gasteiger partial charge in [0.05, 0.1) is 0 Å². The zero-order chi connectivity index (χ0) is 10.8. The summed E-state index contributed by atoms with van der Waals surface area (Å²) < 4.78 is 0. The van der Waals surface area contributed by atoms with Gasteiger partial charge in [-0.15, -0.1) is 0 Å². The van der Waals surface area contributed by atoms with E-state index >= 15 is 0 Å². The number of Topliss-reactive ketones (excluding diaryl/α,β-unsaturated/α-hetero) is 1. The number of rotatable bonds is 2. The minimum Gasteiger partial charge on any atom is -0.371 e. The van der Waals surface area contributed by atoms with Gasteiger partial charge in [0.1, 0.15) is 0 Å². The Bertz CT molecular complexity index is 378. The molecule has 80 valence electrons. The van der Waals surface area contributed by atoms with Gasteiger partial charge in [-0.1, -0.05) is 0 Å². The Kier molecular flexibility index (Phi) is 2.76. The first kappa shape index (κ1) is 10.2. The fourth-order valence-corrected chi connectivity index (χ4v) is 2.19. The van der Waals surface area contributed by atoms with Gasteiger partial charge in [-0.05, 0) is 50.5 Å². The highest BCUT2D eigenvalue weighted by Gasteiger charge is 2.14. The number of nitrogens with zero attached hydrogens (tertiary/aromatic N) is 1.